The molecule has 3 rings (SSSR count). The van der Waals surface area contributed by atoms with Gasteiger partial charge in [0.15, 0.2) is 0 Å². The fraction of sp³-hybridized carbons (Fsp3) is 0.647. The van der Waals surface area contributed by atoms with Crippen LogP contribution >= 0.6 is 0 Å². The highest BCUT2D eigenvalue weighted by Gasteiger charge is 2.54. The fourth-order valence-electron chi connectivity index (χ4n) is 3.16. The van der Waals surface area contributed by atoms with Crippen LogP contribution in [0.3, 0.4) is 0 Å². The number of carbonyl (C=O) groups is 1. The lowest BCUT2D eigenvalue weighted by Gasteiger charge is -2.42. The van der Waals surface area contributed by atoms with Crippen LogP contribution in [0.4, 0.5) is 10.6 Å². The van der Waals surface area contributed by atoms with Gasteiger partial charge in [0, 0.05) is 32.4 Å². The summed E-state index contributed by atoms with van der Waals surface area (Å²) in [5.74, 6) is 0.544. The van der Waals surface area contributed by atoms with Gasteiger partial charge < -0.3 is 10.5 Å². The number of carbonyl (C=O) groups excluding carboxylic acids is 1. The van der Waals surface area contributed by atoms with Crippen molar-refractivity contribution in [1.29, 1.82) is 0 Å². The van der Waals surface area contributed by atoms with Gasteiger partial charge in [-0.15, -0.1) is 0 Å². The van der Waals surface area contributed by atoms with E-state index in [0.29, 0.717) is 5.82 Å². The van der Waals surface area contributed by atoms with E-state index in [1.54, 1.807) is 0 Å². The average molecular weight is 318 g/mol. The largest absolute Gasteiger partial charge is 0.444 e. The maximum Gasteiger partial charge on any atom is 0.410 e. The van der Waals surface area contributed by atoms with Crippen molar-refractivity contribution in [3.05, 3.63) is 23.9 Å². The molecule has 0 bridgehead atoms. The Morgan fingerprint density at radius 3 is 2.65 bits per heavy atom. The van der Waals surface area contributed by atoms with Crippen molar-refractivity contribution in [2.24, 2.45) is 0 Å². The minimum atomic E-state index is -0.445. The molecule has 1 aliphatic heterocycles. The number of piperazine rings is 1. The highest BCUT2D eigenvalue weighted by Crippen LogP contribution is 2.45. The average Bonchev–Trinajstić information content (AvgIpc) is 3.19. The van der Waals surface area contributed by atoms with Gasteiger partial charge in [0.2, 0.25) is 0 Å². The SMILES string of the molecule is CC(C)(C)OC(=O)N1CCN(Cc2ccc(N)nc2)CC12CC2. The van der Waals surface area contributed by atoms with Gasteiger partial charge in [-0.2, -0.15) is 0 Å². The van der Waals surface area contributed by atoms with E-state index < -0.39 is 5.60 Å². The van der Waals surface area contributed by atoms with E-state index in [1.165, 1.54) is 0 Å². The van der Waals surface area contributed by atoms with E-state index >= 15 is 0 Å². The van der Waals surface area contributed by atoms with Gasteiger partial charge in [-0.05, 0) is 45.2 Å². The summed E-state index contributed by atoms with van der Waals surface area (Å²) in [7, 11) is 0. The molecule has 1 aromatic rings. The zero-order valence-corrected chi connectivity index (χ0v) is 14.2. The number of nitrogens with zero attached hydrogens (tertiary/aromatic N) is 3. The van der Waals surface area contributed by atoms with E-state index in [1.807, 2.05) is 44.0 Å². The number of nitrogens with two attached hydrogens (primary N) is 1. The van der Waals surface area contributed by atoms with Crippen molar-refractivity contribution < 1.29 is 9.53 Å². The molecule has 1 aromatic heterocycles. The lowest BCUT2D eigenvalue weighted by atomic mass is 10.1. The third-order valence-corrected chi connectivity index (χ3v) is 4.43. The molecule has 0 unspecified atom stereocenters. The van der Waals surface area contributed by atoms with Gasteiger partial charge in [0.05, 0.1) is 5.54 Å². The zero-order valence-electron chi connectivity index (χ0n) is 14.2. The summed E-state index contributed by atoms with van der Waals surface area (Å²) in [6, 6.07) is 3.85. The lowest BCUT2D eigenvalue weighted by Crippen LogP contribution is -2.57. The summed E-state index contributed by atoms with van der Waals surface area (Å²) in [5, 5.41) is 0. The van der Waals surface area contributed by atoms with Crippen LogP contribution in [0.1, 0.15) is 39.2 Å². The van der Waals surface area contributed by atoms with Crippen molar-refractivity contribution in [3.8, 4) is 0 Å². The standard InChI is InChI=1S/C17H26N4O2/c1-16(2,3)23-15(22)21-9-8-20(12-17(21)6-7-17)11-13-4-5-14(18)19-10-13/h4-5,10H,6-9,11-12H2,1-3H3,(H2,18,19). The number of ether oxygens (including phenoxy) is 1. The molecule has 1 aliphatic carbocycles. The lowest BCUT2D eigenvalue weighted by molar-refractivity contribution is -0.00809. The van der Waals surface area contributed by atoms with Gasteiger partial charge in [0.25, 0.3) is 0 Å². The summed E-state index contributed by atoms with van der Waals surface area (Å²) < 4.78 is 5.56. The van der Waals surface area contributed by atoms with Crippen molar-refractivity contribution in [2.75, 3.05) is 25.4 Å². The van der Waals surface area contributed by atoms with Crippen molar-refractivity contribution in [3.63, 3.8) is 0 Å². The van der Waals surface area contributed by atoms with Gasteiger partial charge in [0.1, 0.15) is 11.4 Å². The molecule has 2 aliphatic rings. The number of nitrogen functional groups attached to an aromatic ring is 1. The third-order valence-electron chi connectivity index (χ3n) is 4.43. The zero-order chi connectivity index (χ0) is 16.7. The van der Waals surface area contributed by atoms with Crippen LogP contribution in [0.2, 0.25) is 0 Å². The van der Waals surface area contributed by atoms with Crippen molar-refractivity contribution in [1.82, 2.24) is 14.8 Å². The smallest absolute Gasteiger partial charge is 0.410 e. The maximum absolute atomic E-state index is 12.4. The summed E-state index contributed by atoms with van der Waals surface area (Å²) in [6.07, 6.45) is 3.77. The number of aromatic nitrogens is 1. The number of amides is 1. The fourth-order valence-corrected chi connectivity index (χ4v) is 3.16. The van der Waals surface area contributed by atoms with E-state index in [4.69, 9.17) is 10.5 Å². The van der Waals surface area contributed by atoms with Crippen LogP contribution < -0.4 is 5.73 Å². The van der Waals surface area contributed by atoms with Crippen LogP contribution in [0.15, 0.2) is 18.3 Å². The monoisotopic (exact) mass is 318 g/mol. The van der Waals surface area contributed by atoms with E-state index in [-0.39, 0.29) is 11.6 Å². The Kier molecular flexibility index (Phi) is 3.96. The normalized spacial score (nSPS) is 20.6. The molecule has 0 aromatic carbocycles. The van der Waals surface area contributed by atoms with E-state index in [9.17, 15) is 4.79 Å². The Morgan fingerprint density at radius 2 is 2.09 bits per heavy atom. The quantitative estimate of drug-likeness (QED) is 0.905. The van der Waals surface area contributed by atoms with E-state index in [2.05, 4.69) is 9.88 Å². The van der Waals surface area contributed by atoms with Gasteiger partial charge >= 0.3 is 6.09 Å². The van der Waals surface area contributed by atoms with E-state index in [0.717, 1.165) is 44.6 Å². The molecular weight excluding hydrogens is 292 g/mol. The van der Waals surface area contributed by atoms with Gasteiger partial charge in [-0.25, -0.2) is 9.78 Å². The summed E-state index contributed by atoms with van der Waals surface area (Å²) >= 11 is 0. The summed E-state index contributed by atoms with van der Waals surface area (Å²) in [4.78, 5) is 20.9. The molecule has 6 nitrogen and oxygen atoms in total. The molecule has 23 heavy (non-hydrogen) atoms. The highest BCUT2D eigenvalue weighted by atomic mass is 16.6. The Bertz CT molecular complexity index is 575. The van der Waals surface area contributed by atoms with Crippen molar-refractivity contribution >= 4 is 11.9 Å². The first-order valence-electron chi connectivity index (χ1n) is 8.21. The molecule has 1 amide bonds. The molecule has 0 atom stereocenters. The number of anilines is 1. The second-order valence-electron chi connectivity index (χ2n) is 7.66. The first-order valence-corrected chi connectivity index (χ1v) is 8.21. The first-order chi connectivity index (χ1) is 10.8. The molecule has 126 valence electrons. The second-order valence-corrected chi connectivity index (χ2v) is 7.66. The van der Waals surface area contributed by atoms with Crippen LogP contribution in [0.5, 0.6) is 0 Å². The predicted octanol–water partition coefficient (Wildman–Crippen LogP) is 2.25. The van der Waals surface area contributed by atoms with Gasteiger partial charge in [-0.3, -0.25) is 9.80 Å². The Morgan fingerprint density at radius 1 is 1.35 bits per heavy atom. The first kappa shape index (κ1) is 16.1. The molecule has 2 heterocycles. The third kappa shape index (κ3) is 3.75. The molecule has 1 spiro atoms. The Hall–Kier alpha value is -1.82. The molecular formula is C17H26N4O2. The molecule has 1 saturated heterocycles. The van der Waals surface area contributed by atoms with Gasteiger partial charge in [-0.1, -0.05) is 6.07 Å². The summed E-state index contributed by atoms with van der Waals surface area (Å²) in [5.41, 5.74) is 6.31. The number of hydrogen-bond donors (Lipinski definition) is 1. The van der Waals surface area contributed by atoms with Crippen LogP contribution in [-0.4, -0.2) is 51.7 Å². The molecule has 2 N–H and O–H groups in total. The van der Waals surface area contributed by atoms with Crippen LogP contribution in [-0.2, 0) is 11.3 Å². The topological polar surface area (TPSA) is 71.7 Å². The highest BCUT2D eigenvalue weighted by molar-refractivity contribution is 5.70. The van der Waals surface area contributed by atoms with Crippen LogP contribution in [0.25, 0.3) is 0 Å². The van der Waals surface area contributed by atoms with Crippen LogP contribution in [0, 0.1) is 0 Å². The predicted molar refractivity (Wildman–Crippen MR) is 88.8 cm³/mol. The summed E-state index contributed by atoms with van der Waals surface area (Å²) in [6.45, 7) is 9.05. The Labute approximate surface area is 137 Å². The number of hydrogen-bond acceptors (Lipinski definition) is 5. The molecule has 0 radical (unpaired) electrons. The minimum Gasteiger partial charge on any atom is -0.444 e. The number of rotatable bonds is 2. The maximum atomic E-state index is 12.4. The minimum absolute atomic E-state index is 0.0260. The number of pyridine rings is 1. The molecule has 6 heteroatoms. The second kappa shape index (κ2) is 5.67. The van der Waals surface area contributed by atoms with Crippen molar-refractivity contribution in [2.45, 2.75) is 51.3 Å². The molecule has 1 saturated carbocycles. The molecule has 2 fully saturated rings. The Balaban J connectivity index is 1.62.